The molecule has 1 aromatic rings. The fourth-order valence-electron chi connectivity index (χ4n) is 1.69. The van der Waals surface area contributed by atoms with E-state index in [1.807, 2.05) is 19.1 Å². The standard InChI is InChI=1S/C11H14N2O/c1-7(12)8-2-4-10-9(6-8)3-5-11(14)13-10/h2,4,6-7H,3,5,12H2,1H3,(H,13,14). The number of carbonyl (C=O) groups is 1. The lowest BCUT2D eigenvalue weighted by Crippen LogP contribution is -2.19. The number of benzene rings is 1. The maximum Gasteiger partial charge on any atom is 0.224 e. The zero-order valence-corrected chi connectivity index (χ0v) is 8.21. The third-order valence-corrected chi connectivity index (χ3v) is 2.55. The van der Waals surface area contributed by atoms with Crippen LogP contribution in [0.4, 0.5) is 5.69 Å². The van der Waals surface area contributed by atoms with Gasteiger partial charge in [0.05, 0.1) is 0 Å². The van der Waals surface area contributed by atoms with E-state index in [4.69, 9.17) is 5.73 Å². The number of nitrogens with two attached hydrogens (primary N) is 1. The molecule has 74 valence electrons. The lowest BCUT2D eigenvalue weighted by atomic mass is 9.98. The summed E-state index contributed by atoms with van der Waals surface area (Å²) in [6.07, 6.45) is 1.40. The number of amides is 1. The first-order chi connectivity index (χ1) is 6.66. The van der Waals surface area contributed by atoms with Crippen LogP contribution in [0.15, 0.2) is 18.2 Å². The van der Waals surface area contributed by atoms with E-state index in [-0.39, 0.29) is 11.9 Å². The Morgan fingerprint density at radius 3 is 2.93 bits per heavy atom. The minimum Gasteiger partial charge on any atom is -0.326 e. The number of aryl methyl sites for hydroxylation is 1. The molecule has 3 heteroatoms. The fourth-order valence-corrected chi connectivity index (χ4v) is 1.69. The summed E-state index contributed by atoms with van der Waals surface area (Å²) >= 11 is 0. The van der Waals surface area contributed by atoms with Gasteiger partial charge in [0.25, 0.3) is 0 Å². The van der Waals surface area contributed by atoms with E-state index in [2.05, 4.69) is 11.4 Å². The van der Waals surface area contributed by atoms with Crippen molar-refractivity contribution in [3.05, 3.63) is 29.3 Å². The first-order valence-corrected chi connectivity index (χ1v) is 4.85. The van der Waals surface area contributed by atoms with Gasteiger partial charge in [-0.3, -0.25) is 4.79 Å². The summed E-state index contributed by atoms with van der Waals surface area (Å²) in [4.78, 5) is 11.1. The van der Waals surface area contributed by atoms with Crippen molar-refractivity contribution in [2.75, 3.05) is 5.32 Å². The maximum atomic E-state index is 11.1. The predicted molar refractivity (Wildman–Crippen MR) is 56.0 cm³/mol. The Kier molecular flexibility index (Phi) is 2.25. The van der Waals surface area contributed by atoms with Crippen LogP contribution in [-0.4, -0.2) is 5.91 Å². The van der Waals surface area contributed by atoms with Gasteiger partial charge in [-0.05, 0) is 30.5 Å². The Bertz CT molecular complexity index is 372. The highest BCUT2D eigenvalue weighted by molar-refractivity contribution is 5.93. The number of anilines is 1. The molecule has 0 saturated carbocycles. The Balaban J connectivity index is 2.36. The van der Waals surface area contributed by atoms with E-state index in [1.54, 1.807) is 0 Å². The zero-order valence-electron chi connectivity index (χ0n) is 8.21. The van der Waals surface area contributed by atoms with E-state index < -0.39 is 0 Å². The second-order valence-electron chi connectivity index (χ2n) is 3.75. The van der Waals surface area contributed by atoms with Crippen molar-refractivity contribution in [3.63, 3.8) is 0 Å². The van der Waals surface area contributed by atoms with Crippen molar-refractivity contribution >= 4 is 11.6 Å². The van der Waals surface area contributed by atoms with Crippen LogP contribution in [0.3, 0.4) is 0 Å². The zero-order chi connectivity index (χ0) is 10.1. The van der Waals surface area contributed by atoms with Crippen molar-refractivity contribution in [3.8, 4) is 0 Å². The molecule has 1 atom stereocenters. The van der Waals surface area contributed by atoms with Crippen LogP contribution >= 0.6 is 0 Å². The highest BCUT2D eigenvalue weighted by Crippen LogP contribution is 2.25. The molecule has 0 bridgehead atoms. The van der Waals surface area contributed by atoms with Gasteiger partial charge in [0, 0.05) is 18.2 Å². The van der Waals surface area contributed by atoms with Gasteiger partial charge in [0.15, 0.2) is 0 Å². The molecule has 0 radical (unpaired) electrons. The summed E-state index contributed by atoms with van der Waals surface area (Å²) in [6.45, 7) is 1.96. The fraction of sp³-hybridized carbons (Fsp3) is 0.364. The van der Waals surface area contributed by atoms with E-state index in [0.29, 0.717) is 6.42 Å². The number of hydrogen-bond donors (Lipinski definition) is 2. The quantitative estimate of drug-likeness (QED) is 0.706. The smallest absolute Gasteiger partial charge is 0.224 e. The molecular formula is C11H14N2O. The second kappa shape index (κ2) is 3.42. The van der Waals surface area contributed by atoms with Gasteiger partial charge in [-0.2, -0.15) is 0 Å². The van der Waals surface area contributed by atoms with Crippen LogP contribution in [0.2, 0.25) is 0 Å². The molecule has 1 aliphatic heterocycles. The lowest BCUT2D eigenvalue weighted by Gasteiger charge is -2.18. The van der Waals surface area contributed by atoms with Gasteiger partial charge in [-0.1, -0.05) is 12.1 Å². The number of carbonyl (C=O) groups excluding carboxylic acids is 1. The van der Waals surface area contributed by atoms with Crippen LogP contribution in [0.25, 0.3) is 0 Å². The highest BCUT2D eigenvalue weighted by Gasteiger charge is 2.15. The topological polar surface area (TPSA) is 55.1 Å². The monoisotopic (exact) mass is 190 g/mol. The minimum absolute atomic E-state index is 0.0536. The number of fused-ring (bicyclic) bond motifs is 1. The molecule has 0 spiro atoms. The highest BCUT2D eigenvalue weighted by atomic mass is 16.1. The van der Waals surface area contributed by atoms with Crippen molar-refractivity contribution in [1.82, 2.24) is 0 Å². The summed E-state index contributed by atoms with van der Waals surface area (Å²) in [5.41, 5.74) is 9.04. The van der Waals surface area contributed by atoms with Crippen LogP contribution in [0.1, 0.15) is 30.5 Å². The van der Waals surface area contributed by atoms with E-state index in [1.165, 1.54) is 5.56 Å². The summed E-state index contributed by atoms with van der Waals surface area (Å²) < 4.78 is 0. The molecule has 1 aromatic carbocycles. The van der Waals surface area contributed by atoms with Crippen molar-refractivity contribution < 1.29 is 4.79 Å². The Hall–Kier alpha value is -1.35. The summed E-state index contributed by atoms with van der Waals surface area (Å²) in [6, 6.07) is 6.04. The molecule has 0 aromatic heterocycles. The Morgan fingerprint density at radius 2 is 2.21 bits per heavy atom. The Morgan fingerprint density at radius 1 is 1.43 bits per heavy atom. The molecule has 0 saturated heterocycles. The molecule has 1 aliphatic rings. The number of hydrogen-bond acceptors (Lipinski definition) is 2. The maximum absolute atomic E-state index is 11.1. The van der Waals surface area contributed by atoms with Crippen LogP contribution in [0.5, 0.6) is 0 Å². The molecule has 0 fully saturated rings. The van der Waals surface area contributed by atoms with Gasteiger partial charge in [0.2, 0.25) is 5.91 Å². The second-order valence-corrected chi connectivity index (χ2v) is 3.75. The number of rotatable bonds is 1. The summed E-state index contributed by atoms with van der Waals surface area (Å²) in [5, 5.41) is 2.85. The van der Waals surface area contributed by atoms with Gasteiger partial charge in [-0.25, -0.2) is 0 Å². The van der Waals surface area contributed by atoms with Crippen LogP contribution < -0.4 is 11.1 Å². The van der Waals surface area contributed by atoms with Crippen molar-refractivity contribution in [2.24, 2.45) is 5.73 Å². The van der Waals surface area contributed by atoms with Gasteiger partial charge in [-0.15, -0.1) is 0 Å². The summed E-state index contributed by atoms with van der Waals surface area (Å²) in [5.74, 6) is 0.103. The molecule has 3 N–H and O–H groups in total. The average Bonchev–Trinajstić information content (AvgIpc) is 2.16. The first-order valence-electron chi connectivity index (χ1n) is 4.85. The first kappa shape index (κ1) is 9.21. The van der Waals surface area contributed by atoms with Gasteiger partial charge in [0.1, 0.15) is 0 Å². The predicted octanol–water partition coefficient (Wildman–Crippen LogP) is 1.59. The van der Waals surface area contributed by atoms with Crippen molar-refractivity contribution in [2.45, 2.75) is 25.8 Å². The molecule has 1 amide bonds. The largest absolute Gasteiger partial charge is 0.326 e. The summed E-state index contributed by atoms with van der Waals surface area (Å²) in [7, 11) is 0. The normalized spacial score (nSPS) is 17.1. The average molecular weight is 190 g/mol. The SMILES string of the molecule is CC(N)c1ccc2c(c1)CCC(=O)N2. The van der Waals surface area contributed by atoms with E-state index in [9.17, 15) is 4.79 Å². The van der Waals surface area contributed by atoms with Gasteiger partial charge < -0.3 is 11.1 Å². The van der Waals surface area contributed by atoms with Gasteiger partial charge >= 0.3 is 0 Å². The molecule has 1 unspecified atom stereocenters. The molecule has 3 nitrogen and oxygen atoms in total. The van der Waals surface area contributed by atoms with Crippen molar-refractivity contribution in [1.29, 1.82) is 0 Å². The van der Waals surface area contributed by atoms with E-state index in [0.717, 1.165) is 17.7 Å². The third kappa shape index (κ3) is 1.63. The number of nitrogens with one attached hydrogen (secondary N) is 1. The lowest BCUT2D eigenvalue weighted by molar-refractivity contribution is -0.116. The molecule has 2 rings (SSSR count). The minimum atomic E-state index is 0.0536. The third-order valence-electron chi connectivity index (χ3n) is 2.55. The van der Waals surface area contributed by atoms with Crippen LogP contribution in [-0.2, 0) is 11.2 Å². The molecular weight excluding hydrogens is 176 g/mol. The van der Waals surface area contributed by atoms with Crippen LogP contribution in [0, 0.1) is 0 Å². The van der Waals surface area contributed by atoms with E-state index >= 15 is 0 Å². The molecule has 1 heterocycles. The molecule has 0 aliphatic carbocycles. The molecule has 14 heavy (non-hydrogen) atoms. The Labute approximate surface area is 83.3 Å².